The van der Waals surface area contributed by atoms with Crippen LogP contribution in [0.4, 0.5) is 0 Å². The van der Waals surface area contributed by atoms with Crippen LogP contribution in [0.3, 0.4) is 0 Å². The molecule has 1 N–H and O–H groups in total. The zero-order valence-corrected chi connectivity index (χ0v) is 24.8. The summed E-state index contributed by atoms with van der Waals surface area (Å²) in [4.78, 5) is 42.0. The van der Waals surface area contributed by atoms with Gasteiger partial charge in [-0.05, 0) is 85.4 Å². The van der Waals surface area contributed by atoms with Gasteiger partial charge in [0.15, 0.2) is 11.5 Å². The minimum atomic E-state index is -0.684. The second-order valence-corrected chi connectivity index (χ2v) is 11.7. The van der Waals surface area contributed by atoms with Crippen molar-refractivity contribution >= 4 is 17.6 Å². The van der Waals surface area contributed by atoms with Gasteiger partial charge in [0.25, 0.3) is 0 Å². The number of nitrogens with zero attached hydrogens (tertiary/aromatic N) is 4. The van der Waals surface area contributed by atoms with E-state index in [2.05, 4.69) is 22.0 Å². The highest BCUT2D eigenvalue weighted by Gasteiger charge is 2.32. The normalized spacial score (nSPS) is 20.0. The predicted octanol–water partition coefficient (Wildman–Crippen LogP) is 4.06. The molecule has 10 nitrogen and oxygen atoms in total. The van der Waals surface area contributed by atoms with Gasteiger partial charge in [0.2, 0.25) is 0 Å². The summed E-state index contributed by atoms with van der Waals surface area (Å²) >= 11 is 6.29. The summed E-state index contributed by atoms with van der Waals surface area (Å²) in [5.74, 6) is 0.607. The lowest BCUT2D eigenvalue weighted by Gasteiger charge is -2.35. The van der Waals surface area contributed by atoms with Crippen molar-refractivity contribution in [1.29, 1.82) is 0 Å². The third-order valence-corrected chi connectivity index (χ3v) is 8.81. The van der Waals surface area contributed by atoms with Crippen LogP contribution in [0.5, 0.6) is 11.5 Å². The van der Waals surface area contributed by atoms with Crippen molar-refractivity contribution in [3.05, 3.63) is 85.4 Å². The van der Waals surface area contributed by atoms with Crippen LogP contribution < -0.4 is 20.9 Å². The number of carboxylic acids is 1. The Bertz CT molecular complexity index is 1550. The maximum absolute atomic E-state index is 12.3. The average Bonchev–Trinajstić information content (AvgIpc) is 3.40. The summed E-state index contributed by atoms with van der Waals surface area (Å²) in [5, 5.41) is 10.2. The molecule has 11 heteroatoms. The van der Waals surface area contributed by atoms with Gasteiger partial charge in [0, 0.05) is 31.2 Å². The highest BCUT2D eigenvalue weighted by molar-refractivity contribution is 6.30. The molecule has 2 aliphatic carbocycles. The number of methoxy groups -OCH3 is 1. The monoisotopic (exact) mass is 596 g/mol. The van der Waals surface area contributed by atoms with E-state index in [0.717, 1.165) is 60.2 Å². The topological polar surface area (TPSA) is 116 Å². The van der Waals surface area contributed by atoms with Gasteiger partial charge in [-0.25, -0.2) is 14.2 Å². The number of aliphatic carboxylic acids is 1. The molecule has 0 unspecified atom stereocenters. The third-order valence-electron chi connectivity index (χ3n) is 8.57. The Morgan fingerprint density at radius 2 is 1.88 bits per heavy atom. The molecule has 1 fully saturated rings. The number of rotatable bonds is 11. The molecule has 3 aromatic rings. The minimum absolute atomic E-state index is 0.0628. The molecule has 0 aliphatic heterocycles. The highest BCUT2D eigenvalue weighted by atomic mass is 35.5. The Morgan fingerprint density at radius 3 is 2.62 bits per heavy atom. The number of aromatic nitrogens is 3. The first-order valence-corrected chi connectivity index (χ1v) is 14.8. The summed E-state index contributed by atoms with van der Waals surface area (Å²) in [5.41, 5.74) is 2.60. The van der Waals surface area contributed by atoms with Gasteiger partial charge >= 0.3 is 17.3 Å². The Kier molecular flexibility index (Phi) is 9.33. The van der Waals surface area contributed by atoms with E-state index in [1.165, 1.54) is 29.1 Å². The summed E-state index contributed by atoms with van der Waals surface area (Å²) < 4.78 is 13.9. The van der Waals surface area contributed by atoms with Crippen molar-refractivity contribution < 1.29 is 19.4 Å². The number of carboxylic acid groups (broad SMARTS) is 1. The molecular weight excluding hydrogens is 560 g/mol. The number of fused-ring (bicyclic) bond motifs is 1. The van der Waals surface area contributed by atoms with Gasteiger partial charge in [-0.2, -0.15) is 4.98 Å². The Hall–Kier alpha value is -3.63. The van der Waals surface area contributed by atoms with Crippen molar-refractivity contribution in [1.82, 2.24) is 19.0 Å². The van der Waals surface area contributed by atoms with Crippen LogP contribution in [-0.2, 0) is 31.4 Å². The molecule has 1 saturated carbocycles. The largest absolute Gasteiger partial charge is 0.493 e. The van der Waals surface area contributed by atoms with E-state index in [1.54, 1.807) is 7.11 Å². The van der Waals surface area contributed by atoms with Gasteiger partial charge in [0.1, 0.15) is 12.9 Å². The quantitative estimate of drug-likeness (QED) is 0.352. The van der Waals surface area contributed by atoms with E-state index in [0.29, 0.717) is 24.0 Å². The van der Waals surface area contributed by atoms with Crippen molar-refractivity contribution in [3.63, 3.8) is 0 Å². The summed E-state index contributed by atoms with van der Waals surface area (Å²) in [6.07, 6.45) is 6.45. The number of hydrogen-bond donors (Lipinski definition) is 1. The van der Waals surface area contributed by atoms with Crippen LogP contribution in [0.25, 0.3) is 0 Å². The van der Waals surface area contributed by atoms with E-state index in [1.807, 2.05) is 24.3 Å². The molecule has 42 heavy (non-hydrogen) atoms. The number of carbonyl (C=O) groups is 1. The lowest BCUT2D eigenvalue weighted by molar-refractivity contribution is -0.143. The summed E-state index contributed by atoms with van der Waals surface area (Å²) in [7, 11) is 3.13. The van der Waals surface area contributed by atoms with Crippen molar-refractivity contribution in [3.8, 4) is 11.5 Å². The fourth-order valence-electron chi connectivity index (χ4n) is 6.30. The maximum atomic E-state index is 12.3. The summed E-state index contributed by atoms with van der Waals surface area (Å²) in [6, 6.07) is 12.3. The van der Waals surface area contributed by atoms with Crippen molar-refractivity contribution in [2.75, 3.05) is 20.3 Å². The van der Waals surface area contributed by atoms with Gasteiger partial charge in [0.05, 0.1) is 19.6 Å². The third kappa shape index (κ3) is 6.71. The molecule has 0 spiro atoms. The van der Waals surface area contributed by atoms with Crippen LogP contribution in [-0.4, -0.2) is 50.4 Å². The number of halogens is 1. The molecule has 1 heterocycles. The fourth-order valence-corrected chi connectivity index (χ4v) is 6.49. The second kappa shape index (κ2) is 13.1. The fraction of sp³-hybridized carbons (Fsp3) is 0.484. The molecule has 0 saturated heterocycles. The van der Waals surface area contributed by atoms with Gasteiger partial charge in [-0.3, -0.25) is 14.3 Å². The zero-order valence-electron chi connectivity index (χ0n) is 24.0. The molecule has 2 aromatic carbocycles. The first-order chi connectivity index (χ1) is 20.2. The van der Waals surface area contributed by atoms with Crippen LogP contribution in [0.15, 0.2) is 52.3 Å². The van der Waals surface area contributed by atoms with Gasteiger partial charge < -0.3 is 14.6 Å². The molecule has 1 aromatic heterocycles. The number of ether oxygens (including phenoxy) is 2. The van der Waals surface area contributed by atoms with Crippen molar-refractivity contribution in [2.24, 2.45) is 18.9 Å². The molecule has 1 atom stereocenters. The van der Waals surface area contributed by atoms with Gasteiger partial charge in [-0.1, -0.05) is 23.7 Å². The molecule has 2 aliphatic rings. The highest BCUT2D eigenvalue weighted by Crippen LogP contribution is 2.40. The molecule has 0 amide bonds. The standard InChI is InChI=1S/C31H37ClN4O6/c1-34-19-33-30(39)36(31(34)40)13-14-42-27-12-5-21(15-28(27)41-2)18-35(17-20-3-6-22(7-4-20)29(37)38)26-11-8-23-16-24(32)9-10-25(23)26/h5,9-10,12,15-16,19-20,22,26H,3-4,6-8,11,13-14,17-18H2,1-2H3,(H,37,38)/t20?,22?,26-/m0/s1. The Labute approximate surface area is 249 Å². The zero-order chi connectivity index (χ0) is 29.8. The van der Waals surface area contributed by atoms with E-state index in [-0.39, 0.29) is 25.1 Å². The van der Waals surface area contributed by atoms with Crippen molar-refractivity contribution in [2.45, 2.75) is 57.7 Å². The van der Waals surface area contributed by atoms with Gasteiger partial charge in [-0.15, -0.1) is 0 Å². The minimum Gasteiger partial charge on any atom is -0.493 e. The average molecular weight is 597 g/mol. The van der Waals surface area contributed by atoms with E-state index in [4.69, 9.17) is 21.1 Å². The number of benzene rings is 2. The Morgan fingerprint density at radius 1 is 1.10 bits per heavy atom. The molecular formula is C31H37ClN4O6. The number of hydrogen-bond acceptors (Lipinski definition) is 7. The lowest BCUT2D eigenvalue weighted by atomic mass is 9.81. The maximum Gasteiger partial charge on any atom is 0.353 e. The number of aryl methyl sites for hydroxylation is 2. The second-order valence-electron chi connectivity index (χ2n) is 11.3. The van der Waals surface area contributed by atoms with E-state index in [9.17, 15) is 19.5 Å². The molecule has 224 valence electrons. The van der Waals surface area contributed by atoms with Crippen LogP contribution in [0, 0.1) is 11.8 Å². The first kappa shape index (κ1) is 29.8. The molecule has 5 rings (SSSR count). The summed E-state index contributed by atoms with van der Waals surface area (Å²) in [6.45, 7) is 1.74. The molecule has 0 radical (unpaired) electrons. The first-order valence-electron chi connectivity index (χ1n) is 14.4. The smallest absolute Gasteiger partial charge is 0.353 e. The van der Waals surface area contributed by atoms with Crippen LogP contribution >= 0.6 is 11.6 Å². The SMILES string of the molecule is COc1cc(CN(CC2CCC(C(=O)O)CC2)[C@H]2CCc3cc(Cl)ccc32)ccc1OCCn1c(=O)ncn(C)c1=O. The molecule has 0 bridgehead atoms. The lowest BCUT2D eigenvalue weighted by Crippen LogP contribution is -2.41. The van der Waals surface area contributed by atoms with E-state index >= 15 is 0 Å². The predicted molar refractivity (Wildman–Crippen MR) is 158 cm³/mol. The van der Waals surface area contributed by atoms with Crippen LogP contribution in [0.2, 0.25) is 5.02 Å². The van der Waals surface area contributed by atoms with E-state index < -0.39 is 17.3 Å². The van der Waals surface area contributed by atoms with Crippen LogP contribution in [0.1, 0.15) is 54.8 Å². The Balaban J connectivity index is 1.31.